The molecule has 1 aromatic carbocycles. The maximum absolute atomic E-state index is 11.5. The van der Waals surface area contributed by atoms with E-state index in [1.54, 1.807) is 0 Å². The highest BCUT2D eigenvalue weighted by molar-refractivity contribution is 6.02. The summed E-state index contributed by atoms with van der Waals surface area (Å²) < 4.78 is 0. The number of carbonyl (C=O) groups excluding carboxylic acids is 1. The van der Waals surface area contributed by atoms with Gasteiger partial charge in [0.15, 0.2) is 5.78 Å². The van der Waals surface area contributed by atoms with Crippen molar-refractivity contribution in [3.8, 4) is 0 Å². The van der Waals surface area contributed by atoms with Crippen LogP contribution in [0.25, 0.3) is 5.57 Å². The zero-order chi connectivity index (χ0) is 11.4. The van der Waals surface area contributed by atoms with E-state index >= 15 is 0 Å². The molecule has 0 radical (unpaired) electrons. The first-order valence-corrected chi connectivity index (χ1v) is 6.11. The Kier molecular flexibility index (Phi) is 3.55. The Bertz CT molecular complexity index is 389. The summed E-state index contributed by atoms with van der Waals surface area (Å²) in [7, 11) is 0. The highest BCUT2D eigenvalue weighted by atomic mass is 16.1. The summed E-state index contributed by atoms with van der Waals surface area (Å²) in [5.41, 5.74) is 2.47. The molecule has 0 aliphatic heterocycles. The molecule has 0 saturated carbocycles. The zero-order valence-corrected chi connectivity index (χ0v) is 9.78. The lowest BCUT2D eigenvalue weighted by atomic mass is 9.90. The molecule has 1 nitrogen and oxygen atoms in total. The van der Waals surface area contributed by atoms with Gasteiger partial charge >= 0.3 is 0 Å². The van der Waals surface area contributed by atoms with Crippen LogP contribution >= 0.6 is 0 Å². The predicted molar refractivity (Wildman–Crippen MR) is 67.1 cm³/mol. The van der Waals surface area contributed by atoms with Crippen molar-refractivity contribution in [2.24, 2.45) is 5.92 Å². The van der Waals surface area contributed by atoms with E-state index in [-0.39, 0.29) is 0 Å². The summed E-state index contributed by atoms with van der Waals surface area (Å²) in [4.78, 5) is 11.5. The summed E-state index contributed by atoms with van der Waals surface area (Å²) >= 11 is 0. The smallest absolute Gasteiger partial charge is 0.156 e. The number of hydrogen-bond donors (Lipinski definition) is 0. The Morgan fingerprint density at radius 1 is 1.25 bits per heavy atom. The van der Waals surface area contributed by atoms with E-state index in [1.165, 1.54) is 24.0 Å². The van der Waals surface area contributed by atoms with Gasteiger partial charge in [-0.15, -0.1) is 0 Å². The lowest BCUT2D eigenvalue weighted by Crippen LogP contribution is -2.00. The average Bonchev–Trinajstić information content (AvgIpc) is 2.69. The normalized spacial score (nSPS) is 19.9. The van der Waals surface area contributed by atoms with Crippen LogP contribution in [0, 0.1) is 5.92 Å². The number of benzene rings is 1. The molecule has 1 unspecified atom stereocenters. The third-order valence-electron chi connectivity index (χ3n) is 3.22. The van der Waals surface area contributed by atoms with E-state index in [0.717, 1.165) is 6.42 Å². The van der Waals surface area contributed by atoms with Crippen molar-refractivity contribution >= 4 is 11.4 Å². The largest absolute Gasteiger partial charge is 0.295 e. The van der Waals surface area contributed by atoms with Crippen LogP contribution in [0.3, 0.4) is 0 Å². The average molecular weight is 214 g/mol. The molecular formula is C15H18O. The van der Waals surface area contributed by atoms with Crippen LogP contribution in [0.2, 0.25) is 0 Å². The molecule has 1 heteroatoms. The van der Waals surface area contributed by atoms with Crippen molar-refractivity contribution in [1.29, 1.82) is 0 Å². The molecule has 1 aromatic rings. The first-order valence-electron chi connectivity index (χ1n) is 6.11. The molecule has 0 aromatic heterocycles. The third-order valence-corrected chi connectivity index (χ3v) is 3.22. The molecule has 0 N–H and O–H groups in total. The first kappa shape index (κ1) is 11.1. The van der Waals surface area contributed by atoms with Gasteiger partial charge in [-0.3, -0.25) is 4.79 Å². The van der Waals surface area contributed by atoms with E-state index in [2.05, 4.69) is 19.1 Å². The minimum absolute atomic E-state index is 0.292. The molecule has 16 heavy (non-hydrogen) atoms. The maximum Gasteiger partial charge on any atom is 0.156 e. The van der Waals surface area contributed by atoms with E-state index in [1.807, 2.05) is 24.3 Å². The van der Waals surface area contributed by atoms with Gasteiger partial charge in [-0.1, -0.05) is 50.1 Å². The van der Waals surface area contributed by atoms with Gasteiger partial charge in [0, 0.05) is 6.42 Å². The second-order valence-corrected chi connectivity index (χ2v) is 4.48. The lowest BCUT2D eigenvalue weighted by molar-refractivity contribution is -0.114. The molecule has 2 rings (SSSR count). The fraction of sp³-hybridized carbons (Fsp3) is 0.400. The molecule has 1 aliphatic rings. The van der Waals surface area contributed by atoms with Crippen molar-refractivity contribution in [3.05, 3.63) is 42.0 Å². The third kappa shape index (κ3) is 2.41. The Morgan fingerprint density at radius 2 is 2.00 bits per heavy atom. The Morgan fingerprint density at radius 3 is 2.69 bits per heavy atom. The van der Waals surface area contributed by atoms with E-state index in [4.69, 9.17) is 0 Å². The Balaban J connectivity index is 2.17. The van der Waals surface area contributed by atoms with Gasteiger partial charge in [-0.2, -0.15) is 0 Å². The van der Waals surface area contributed by atoms with Gasteiger partial charge in [-0.25, -0.2) is 0 Å². The number of allylic oxidation sites excluding steroid dienone is 2. The second kappa shape index (κ2) is 5.11. The van der Waals surface area contributed by atoms with Crippen molar-refractivity contribution in [2.75, 3.05) is 0 Å². The molecular weight excluding hydrogens is 196 g/mol. The molecule has 0 saturated heterocycles. The highest BCUT2D eigenvalue weighted by Gasteiger charge is 2.24. The minimum atomic E-state index is 0.292. The first-order chi connectivity index (χ1) is 7.81. The van der Waals surface area contributed by atoms with Gasteiger partial charge in [0.2, 0.25) is 0 Å². The van der Waals surface area contributed by atoms with Crippen LogP contribution in [0.1, 0.15) is 38.2 Å². The zero-order valence-electron chi connectivity index (χ0n) is 9.78. The van der Waals surface area contributed by atoms with E-state index in [9.17, 15) is 4.79 Å². The van der Waals surface area contributed by atoms with Gasteiger partial charge in [-0.05, 0) is 29.6 Å². The fourth-order valence-electron chi connectivity index (χ4n) is 2.36. The lowest BCUT2D eigenvalue weighted by Gasteiger charge is -2.13. The second-order valence-electron chi connectivity index (χ2n) is 4.48. The number of rotatable bonds is 4. The molecule has 0 heterocycles. The van der Waals surface area contributed by atoms with Crippen LogP contribution in [-0.4, -0.2) is 5.78 Å². The van der Waals surface area contributed by atoms with E-state index in [0.29, 0.717) is 18.1 Å². The number of hydrogen-bond acceptors (Lipinski definition) is 1. The predicted octanol–water partition coefficient (Wildman–Crippen LogP) is 3.85. The Labute approximate surface area is 97.2 Å². The monoisotopic (exact) mass is 214 g/mol. The van der Waals surface area contributed by atoms with Gasteiger partial charge in [0.1, 0.15) is 0 Å². The number of carbonyl (C=O) groups is 1. The summed E-state index contributed by atoms with van der Waals surface area (Å²) in [5, 5.41) is 0. The topological polar surface area (TPSA) is 17.1 Å². The highest BCUT2D eigenvalue weighted by Crippen LogP contribution is 2.35. The summed E-state index contributed by atoms with van der Waals surface area (Å²) in [6.45, 7) is 2.20. The number of unbranched alkanes of at least 4 members (excludes halogenated alkanes) is 1. The van der Waals surface area contributed by atoms with Crippen LogP contribution in [-0.2, 0) is 4.79 Å². The summed E-state index contributed by atoms with van der Waals surface area (Å²) in [6, 6.07) is 10.3. The minimum Gasteiger partial charge on any atom is -0.295 e. The molecule has 0 amide bonds. The molecule has 84 valence electrons. The number of ketones is 1. The van der Waals surface area contributed by atoms with Gasteiger partial charge < -0.3 is 0 Å². The van der Waals surface area contributed by atoms with Gasteiger partial charge in [0.25, 0.3) is 0 Å². The van der Waals surface area contributed by atoms with E-state index < -0.39 is 0 Å². The van der Waals surface area contributed by atoms with Crippen molar-refractivity contribution in [2.45, 2.75) is 32.6 Å². The Hall–Kier alpha value is -1.37. The SMILES string of the molecule is CCCCC1CC(=O)C=C1c1ccccc1. The molecule has 0 bridgehead atoms. The van der Waals surface area contributed by atoms with Crippen LogP contribution in [0.4, 0.5) is 0 Å². The molecule has 0 spiro atoms. The van der Waals surface area contributed by atoms with Gasteiger partial charge in [0.05, 0.1) is 0 Å². The molecule has 1 atom stereocenters. The standard InChI is InChI=1S/C15H18O/c1-2-3-7-13-10-14(16)11-15(13)12-8-5-4-6-9-12/h4-6,8-9,11,13H,2-3,7,10H2,1H3. The van der Waals surface area contributed by atoms with Crippen molar-refractivity contribution < 1.29 is 4.79 Å². The summed E-state index contributed by atoms with van der Waals surface area (Å²) in [5.74, 6) is 0.745. The van der Waals surface area contributed by atoms with Crippen LogP contribution in [0.5, 0.6) is 0 Å². The fourth-order valence-corrected chi connectivity index (χ4v) is 2.36. The van der Waals surface area contributed by atoms with Crippen LogP contribution in [0.15, 0.2) is 36.4 Å². The van der Waals surface area contributed by atoms with Crippen molar-refractivity contribution in [3.63, 3.8) is 0 Å². The quantitative estimate of drug-likeness (QED) is 0.744. The maximum atomic E-state index is 11.5. The molecule has 1 aliphatic carbocycles. The van der Waals surface area contributed by atoms with Crippen LogP contribution < -0.4 is 0 Å². The van der Waals surface area contributed by atoms with Crippen molar-refractivity contribution in [1.82, 2.24) is 0 Å². The molecule has 0 fully saturated rings. The summed E-state index contributed by atoms with van der Waals surface area (Å²) in [6.07, 6.45) is 6.11.